The van der Waals surface area contributed by atoms with Crippen molar-refractivity contribution in [2.24, 2.45) is 33.5 Å². The number of hydrogen-bond acceptors (Lipinski definition) is 4. The lowest BCUT2D eigenvalue weighted by molar-refractivity contribution is -0.148. The first-order valence-corrected chi connectivity index (χ1v) is 11.9. The minimum absolute atomic E-state index is 0.0155. The van der Waals surface area contributed by atoms with Gasteiger partial charge >= 0.3 is 19.5 Å². The number of carbonyl (C=O) groups is 2. The summed E-state index contributed by atoms with van der Waals surface area (Å²) in [5, 5.41) is 0. The molecule has 0 rings (SSSR count). The van der Waals surface area contributed by atoms with Crippen molar-refractivity contribution in [3.63, 3.8) is 0 Å². The summed E-state index contributed by atoms with van der Waals surface area (Å²) in [6.07, 6.45) is 0. The molecule has 0 spiro atoms. The summed E-state index contributed by atoms with van der Waals surface area (Å²) in [5.74, 6) is -0.692. The van der Waals surface area contributed by atoms with E-state index in [2.05, 4.69) is 83.1 Å². The van der Waals surface area contributed by atoms with Crippen LogP contribution in [-0.4, -0.2) is 31.5 Å². The topological polar surface area (TPSA) is 52.6 Å². The zero-order valence-corrected chi connectivity index (χ0v) is 21.5. The average Bonchev–Trinajstić information content (AvgIpc) is 2.30. The second-order valence-corrected chi connectivity index (χ2v) is 14.0. The zero-order chi connectivity index (χ0) is 21.8. The molecule has 0 aliphatic heterocycles. The number of carbonyl (C=O) groups excluding carboxylic acids is 2. The van der Waals surface area contributed by atoms with Crippen LogP contribution in [-0.2, 0) is 18.4 Å². The predicted molar refractivity (Wildman–Crippen MR) is 113 cm³/mol. The minimum Gasteiger partial charge on any atom is -0.516 e. The molecule has 4 nitrogen and oxygen atoms in total. The van der Waals surface area contributed by atoms with Gasteiger partial charge in [-0.25, -0.2) is 0 Å². The van der Waals surface area contributed by atoms with E-state index >= 15 is 0 Å². The molecule has 27 heavy (non-hydrogen) atoms. The van der Waals surface area contributed by atoms with Gasteiger partial charge in [0.15, 0.2) is 0 Å². The van der Waals surface area contributed by atoms with Crippen molar-refractivity contribution in [3.8, 4) is 0 Å². The van der Waals surface area contributed by atoms with Gasteiger partial charge in [-0.2, -0.15) is 0 Å². The first-order valence-electron chi connectivity index (χ1n) is 9.66. The lowest BCUT2D eigenvalue weighted by Gasteiger charge is -2.38. The fourth-order valence-corrected chi connectivity index (χ4v) is 5.71. The smallest absolute Gasteiger partial charge is 0.314 e. The van der Waals surface area contributed by atoms with Crippen molar-refractivity contribution >= 4 is 31.5 Å². The van der Waals surface area contributed by atoms with E-state index in [4.69, 9.17) is 8.85 Å². The molecule has 0 N–H and O–H groups in total. The van der Waals surface area contributed by atoms with Crippen LogP contribution in [0.5, 0.6) is 0 Å². The Hall–Kier alpha value is -0.626. The van der Waals surface area contributed by atoms with Gasteiger partial charge in [0.1, 0.15) is 0 Å². The summed E-state index contributed by atoms with van der Waals surface area (Å²) in [6, 6.07) is 0. The van der Waals surface area contributed by atoms with E-state index in [0.29, 0.717) is 5.67 Å². The molecule has 6 heteroatoms. The van der Waals surface area contributed by atoms with Crippen LogP contribution in [0.2, 0.25) is 5.67 Å². The summed E-state index contributed by atoms with van der Waals surface area (Å²) in [4.78, 5) is 25.2. The molecule has 0 bridgehead atoms. The summed E-state index contributed by atoms with van der Waals surface area (Å²) in [5.41, 5.74) is -0.0930. The van der Waals surface area contributed by atoms with Gasteiger partial charge in [0, 0.05) is 5.67 Å². The normalized spacial score (nSPS) is 13.9. The van der Waals surface area contributed by atoms with Crippen LogP contribution in [0.1, 0.15) is 83.1 Å². The Morgan fingerprint density at radius 3 is 1.00 bits per heavy atom. The van der Waals surface area contributed by atoms with E-state index in [0.717, 1.165) is 0 Å². The van der Waals surface area contributed by atoms with Crippen LogP contribution >= 0.6 is 0 Å². The molecule has 0 saturated heterocycles. The molecule has 0 amide bonds. The third-order valence-corrected chi connectivity index (χ3v) is 6.27. The molecule has 0 aromatic rings. The Kier molecular flexibility index (Phi) is 9.03. The highest BCUT2D eigenvalue weighted by molar-refractivity contribution is 6.50. The maximum absolute atomic E-state index is 12.6. The third kappa shape index (κ3) is 8.94. The van der Waals surface area contributed by atoms with E-state index in [1.54, 1.807) is 0 Å². The Morgan fingerprint density at radius 1 is 0.593 bits per heavy atom. The largest absolute Gasteiger partial charge is 0.516 e. The molecular weight excluding hydrogens is 372 g/mol. The molecule has 0 unspecified atom stereocenters. The summed E-state index contributed by atoms with van der Waals surface area (Å²) < 4.78 is 11.1. The highest BCUT2D eigenvalue weighted by atomic mass is 28.3. The summed E-state index contributed by atoms with van der Waals surface area (Å²) in [6.45, 7) is 24.8. The molecule has 0 aromatic heterocycles. The van der Waals surface area contributed by atoms with Gasteiger partial charge < -0.3 is 8.85 Å². The molecule has 0 aliphatic carbocycles. The molecule has 0 saturated carbocycles. The second-order valence-electron chi connectivity index (χ2n) is 11.6. The molecule has 0 atom stereocenters. The van der Waals surface area contributed by atoms with E-state index in [-0.39, 0.29) is 65.0 Å². The molecule has 0 heterocycles. The van der Waals surface area contributed by atoms with Crippen molar-refractivity contribution in [1.29, 1.82) is 0 Å². The Morgan fingerprint density at radius 2 is 0.815 bits per heavy atom. The van der Waals surface area contributed by atoms with Crippen molar-refractivity contribution in [3.05, 3.63) is 0 Å². The standard InChI is InChI=1S/C21H40O4Si2/c1-18(2,3)14(19(4,5)6)16(22)24-26-13-27-25-17(23)15(20(7,8)9)21(10,11)12/h14-15H,13H2,1-12H3. The van der Waals surface area contributed by atoms with Gasteiger partial charge in [0.2, 0.25) is 0 Å². The van der Waals surface area contributed by atoms with Crippen LogP contribution in [0.4, 0.5) is 0 Å². The highest BCUT2D eigenvalue weighted by Gasteiger charge is 2.42. The predicted octanol–water partition coefficient (Wildman–Crippen LogP) is 5.10. The maximum atomic E-state index is 12.6. The monoisotopic (exact) mass is 412 g/mol. The number of rotatable bonds is 6. The van der Waals surface area contributed by atoms with Crippen molar-refractivity contribution in [1.82, 2.24) is 0 Å². The van der Waals surface area contributed by atoms with Gasteiger partial charge in [0.25, 0.3) is 11.9 Å². The highest BCUT2D eigenvalue weighted by Crippen LogP contribution is 2.41. The molecule has 4 radical (unpaired) electrons. The molecule has 0 aliphatic rings. The van der Waals surface area contributed by atoms with Crippen molar-refractivity contribution < 1.29 is 18.4 Å². The first-order chi connectivity index (χ1) is 11.8. The third-order valence-electron chi connectivity index (χ3n) is 4.43. The van der Waals surface area contributed by atoms with Gasteiger partial charge in [-0.15, -0.1) is 0 Å². The minimum atomic E-state index is -0.186. The quantitative estimate of drug-likeness (QED) is 0.450. The van der Waals surface area contributed by atoms with Gasteiger partial charge in [-0.05, 0) is 21.7 Å². The first kappa shape index (κ1) is 26.4. The lowest BCUT2D eigenvalue weighted by Crippen LogP contribution is -2.41. The van der Waals surface area contributed by atoms with Crippen LogP contribution in [0.15, 0.2) is 0 Å². The fraction of sp³-hybridized carbons (Fsp3) is 0.905. The fourth-order valence-electron chi connectivity index (χ4n) is 4.37. The SMILES string of the molecule is CC(C)(C)C(C(=O)O[Si]C[Si]OC(=O)C(C(C)(C)C)C(C)(C)C)C(C)(C)C. The van der Waals surface area contributed by atoms with E-state index < -0.39 is 0 Å². The summed E-state index contributed by atoms with van der Waals surface area (Å²) >= 11 is 0. The molecule has 0 aromatic carbocycles. The Balaban J connectivity index is 4.63. The Bertz CT molecular complexity index is 428. The zero-order valence-electron chi connectivity index (χ0n) is 19.5. The van der Waals surface area contributed by atoms with E-state index in [1.165, 1.54) is 0 Å². The van der Waals surface area contributed by atoms with E-state index in [1.807, 2.05) is 0 Å². The maximum Gasteiger partial charge on any atom is 0.314 e. The van der Waals surface area contributed by atoms with Crippen LogP contribution in [0.3, 0.4) is 0 Å². The Labute approximate surface area is 172 Å². The molecule has 156 valence electrons. The van der Waals surface area contributed by atoms with Crippen molar-refractivity contribution in [2.75, 3.05) is 0 Å². The average molecular weight is 413 g/mol. The number of hydrogen-bond donors (Lipinski definition) is 0. The van der Waals surface area contributed by atoms with Crippen LogP contribution < -0.4 is 0 Å². The van der Waals surface area contributed by atoms with Gasteiger partial charge in [0.05, 0.1) is 11.8 Å². The molecular formula is C21H40O4Si2. The van der Waals surface area contributed by atoms with Crippen LogP contribution in [0.25, 0.3) is 0 Å². The van der Waals surface area contributed by atoms with Gasteiger partial charge in [-0.1, -0.05) is 83.1 Å². The second kappa shape index (κ2) is 9.25. The van der Waals surface area contributed by atoms with E-state index in [9.17, 15) is 9.59 Å². The summed E-state index contributed by atoms with van der Waals surface area (Å²) in [7, 11) is 0.0310. The lowest BCUT2D eigenvalue weighted by atomic mass is 9.67. The van der Waals surface area contributed by atoms with Gasteiger partial charge in [-0.3, -0.25) is 9.59 Å². The van der Waals surface area contributed by atoms with Crippen molar-refractivity contribution in [2.45, 2.75) is 88.8 Å². The van der Waals surface area contributed by atoms with Crippen LogP contribution in [0, 0.1) is 33.5 Å². The molecule has 0 fully saturated rings.